The molecular weight excluding hydrogens is 295 g/mol. The van der Waals surface area contributed by atoms with Crippen LogP contribution >= 0.6 is 12.6 Å². The number of rotatable bonds is 0. The van der Waals surface area contributed by atoms with Crippen molar-refractivity contribution in [3.8, 4) is 5.75 Å². The Kier molecular flexibility index (Phi) is 9.16. The van der Waals surface area contributed by atoms with Gasteiger partial charge in [0.2, 0.25) is 10.3 Å². The van der Waals surface area contributed by atoms with Gasteiger partial charge in [-0.25, -0.2) is 0 Å². The van der Waals surface area contributed by atoms with Gasteiger partial charge in [0.15, 0.2) is 0 Å². The third kappa shape index (κ3) is 6.47. The Morgan fingerprint density at radius 3 is 2.16 bits per heavy atom. The minimum absolute atomic E-state index is 0. The third-order valence-electron chi connectivity index (χ3n) is 2.01. The summed E-state index contributed by atoms with van der Waals surface area (Å²) in [5.74, 6) is 0.0718. The summed E-state index contributed by atoms with van der Waals surface area (Å²) in [6.07, 6.45) is 3.32. The van der Waals surface area contributed by atoms with Gasteiger partial charge >= 0.3 is 29.6 Å². The van der Waals surface area contributed by atoms with Crippen molar-refractivity contribution in [2.45, 2.75) is 6.10 Å². The van der Waals surface area contributed by atoms with Gasteiger partial charge in [0, 0.05) is 4.91 Å². The Morgan fingerprint density at radius 1 is 1.21 bits per heavy atom. The Morgan fingerprint density at radius 2 is 1.79 bits per heavy atom. The van der Waals surface area contributed by atoms with Gasteiger partial charge in [-0.1, -0.05) is 36.4 Å². The van der Waals surface area contributed by atoms with Gasteiger partial charge in [0.1, 0.15) is 11.0 Å². The smallest absolute Gasteiger partial charge is 0.872 e. The van der Waals surface area contributed by atoms with Crippen LogP contribution in [0.25, 0.3) is 0 Å². The molecule has 1 atom stereocenters. The zero-order valence-corrected chi connectivity index (χ0v) is 13.9. The molecule has 1 unspecified atom stereocenters. The molecule has 0 spiro atoms. The van der Waals surface area contributed by atoms with Gasteiger partial charge in [-0.2, -0.15) is 8.42 Å². The number of thiol groups is 1. The van der Waals surface area contributed by atoms with E-state index in [2.05, 4.69) is 12.6 Å². The van der Waals surface area contributed by atoms with E-state index in [0.717, 1.165) is 0 Å². The molecule has 1 aromatic carbocycles. The Hall–Kier alpha value is -0.500. The molecule has 0 bridgehead atoms. The van der Waals surface area contributed by atoms with Crippen molar-refractivity contribution in [3.05, 3.63) is 53.5 Å². The van der Waals surface area contributed by atoms with E-state index in [1.165, 1.54) is 24.3 Å². The van der Waals surface area contributed by atoms with E-state index < -0.39 is 16.4 Å². The molecule has 0 aliphatic heterocycles. The van der Waals surface area contributed by atoms with Gasteiger partial charge in [0.25, 0.3) is 0 Å². The summed E-state index contributed by atoms with van der Waals surface area (Å²) in [5.41, 5.74) is 0. The van der Waals surface area contributed by atoms with Gasteiger partial charge in [0.05, 0.1) is 0 Å². The molecule has 96 valence electrons. The van der Waals surface area contributed by atoms with Crippen molar-refractivity contribution in [3.63, 3.8) is 0 Å². The Bertz CT molecular complexity index is 583. The molecule has 0 fully saturated rings. The summed E-state index contributed by atoms with van der Waals surface area (Å²) in [5, 5.41) is 19.5. The summed E-state index contributed by atoms with van der Waals surface area (Å²) in [6, 6.07) is 8.33. The molecule has 7 heteroatoms. The van der Waals surface area contributed by atoms with E-state index in [1.807, 2.05) is 6.07 Å². The molecule has 0 heterocycles. The van der Waals surface area contributed by atoms with Crippen LogP contribution in [0.5, 0.6) is 5.75 Å². The minimum atomic E-state index is -2.36. The fourth-order valence-corrected chi connectivity index (χ4v) is 1.95. The quantitative estimate of drug-likeness (QED) is 0.317. The van der Waals surface area contributed by atoms with Gasteiger partial charge < -0.3 is 10.2 Å². The fraction of sp³-hybridized carbons (Fsp3) is 0.0833. The van der Waals surface area contributed by atoms with Crippen LogP contribution in [0.4, 0.5) is 0 Å². The second kappa shape index (κ2) is 9.41. The van der Waals surface area contributed by atoms with Crippen LogP contribution < -0.4 is 34.7 Å². The van der Waals surface area contributed by atoms with Crippen LogP contribution in [0, 0.1) is 0 Å². The van der Waals surface area contributed by atoms with E-state index in [0.29, 0.717) is 4.91 Å². The standard InChI is InChI=1S/C6H6O3S2.C6H6O.Na/c7-6-4(10)2-1-3-5(6)11(8)9;7-6-4-2-1-3-5-6;/h1-3,6-7,10H;1-5,7H;/q;;+1/p-1. The van der Waals surface area contributed by atoms with E-state index >= 15 is 0 Å². The molecule has 1 aliphatic carbocycles. The predicted octanol–water partition coefficient (Wildman–Crippen LogP) is -2.45. The van der Waals surface area contributed by atoms with E-state index in [9.17, 15) is 18.6 Å². The van der Waals surface area contributed by atoms with Crippen molar-refractivity contribution < 1.29 is 48.2 Å². The molecule has 1 aliphatic rings. The van der Waals surface area contributed by atoms with Crippen molar-refractivity contribution >= 4 is 27.8 Å². The zero-order chi connectivity index (χ0) is 13.5. The monoisotopic (exact) mass is 306 g/mol. The van der Waals surface area contributed by atoms with Crippen molar-refractivity contribution in [1.29, 1.82) is 0 Å². The number of allylic oxidation sites excluding steroid dienone is 2. The van der Waals surface area contributed by atoms with Gasteiger partial charge in [-0.15, -0.1) is 18.4 Å². The van der Waals surface area contributed by atoms with Gasteiger partial charge in [-0.3, -0.25) is 0 Å². The number of aliphatic hydroxyl groups excluding tert-OH is 1. The average Bonchev–Trinajstić information content (AvgIpc) is 2.34. The largest absolute Gasteiger partial charge is 1.00 e. The molecule has 2 rings (SSSR count). The first kappa shape index (κ1) is 18.5. The zero-order valence-electron chi connectivity index (χ0n) is 10.2. The average molecular weight is 306 g/mol. The summed E-state index contributed by atoms with van der Waals surface area (Å²) >= 11 is 3.88. The first-order chi connectivity index (χ1) is 8.52. The van der Waals surface area contributed by atoms with Crippen LogP contribution in [0.3, 0.4) is 0 Å². The maximum atomic E-state index is 10.4. The maximum absolute atomic E-state index is 10.4. The van der Waals surface area contributed by atoms with Crippen LogP contribution in [-0.4, -0.2) is 24.5 Å². The molecule has 4 nitrogen and oxygen atoms in total. The first-order valence-electron chi connectivity index (χ1n) is 4.96. The topological polar surface area (TPSA) is 77.4 Å². The first-order valence-corrected chi connectivity index (χ1v) is 6.48. The normalized spacial score (nSPS) is 16.6. The minimum Gasteiger partial charge on any atom is -0.872 e. The Balaban J connectivity index is 0.000000352. The molecule has 0 amide bonds. The summed E-state index contributed by atoms with van der Waals surface area (Å²) < 4.78 is 20.8. The number of para-hydroxylation sites is 1. The molecule has 1 aromatic rings. The Labute approximate surface area is 140 Å². The second-order valence-electron chi connectivity index (χ2n) is 3.30. The summed E-state index contributed by atoms with van der Waals surface area (Å²) in [7, 11) is -2.36. The maximum Gasteiger partial charge on any atom is 1.00 e. The van der Waals surface area contributed by atoms with E-state index in [4.69, 9.17) is 0 Å². The fourth-order valence-electron chi connectivity index (χ4n) is 1.14. The number of aliphatic hydroxyl groups is 1. The number of benzene rings is 1. The molecule has 0 aromatic heterocycles. The van der Waals surface area contributed by atoms with E-state index in [1.54, 1.807) is 18.2 Å². The molecule has 0 radical (unpaired) electrons. The van der Waals surface area contributed by atoms with E-state index in [-0.39, 0.29) is 40.2 Å². The van der Waals surface area contributed by atoms with Crippen LogP contribution in [0.2, 0.25) is 0 Å². The SMILES string of the molecule is O=S(=O)=C1C=CC=C(S)C1O.[Na+].[O-]c1ccccc1. The molecule has 0 saturated heterocycles. The molecule has 19 heavy (non-hydrogen) atoms. The molecular formula is C12H11NaO4S2. The number of hydrogen-bond donors (Lipinski definition) is 2. The van der Waals surface area contributed by atoms with Crippen LogP contribution in [-0.2, 0) is 10.3 Å². The van der Waals surface area contributed by atoms with Crippen LogP contribution in [0.15, 0.2) is 53.5 Å². The summed E-state index contributed by atoms with van der Waals surface area (Å²) in [4.78, 5) is 0.296. The summed E-state index contributed by atoms with van der Waals surface area (Å²) in [6.45, 7) is 0. The molecule has 1 N–H and O–H groups in total. The third-order valence-corrected chi connectivity index (χ3v) is 3.15. The van der Waals surface area contributed by atoms with Crippen molar-refractivity contribution in [1.82, 2.24) is 0 Å². The second-order valence-corrected chi connectivity index (χ2v) is 4.76. The van der Waals surface area contributed by atoms with Crippen LogP contribution in [0.1, 0.15) is 0 Å². The van der Waals surface area contributed by atoms with Crippen molar-refractivity contribution in [2.24, 2.45) is 0 Å². The van der Waals surface area contributed by atoms with Gasteiger partial charge in [-0.05, 0) is 12.2 Å². The van der Waals surface area contributed by atoms with Crippen molar-refractivity contribution in [2.75, 3.05) is 0 Å². The molecule has 0 saturated carbocycles. The predicted molar refractivity (Wildman–Crippen MR) is 72.0 cm³/mol. The number of hydrogen-bond acceptors (Lipinski definition) is 5.